The quantitative estimate of drug-likeness (QED) is 0.118. The van der Waals surface area contributed by atoms with Crippen molar-refractivity contribution in [3.05, 3.63) is 17.4 Å². The summed E-state index contributed by atoms with van der Waals surface area (Å²) in [5.74, 6) is 0. The Kier molecular flexibility index (Phi) is 17.1. The number of aliphatic hydroxyl groups excluding tert-OH is 2. The number of hydrogen-bond acceptors (Lipinski definition) is 3. The fourth-order valence-electron chi connectivity index (χ4n) is 2.83. The van der Waals surface area contributed by atoms with Crippen molar-refractivity contribution in [3.63, 3.8) is 0 Å². The predicted molar refractivity (Wildman–Crippen MR) is 102 cm³/mol. The molecule has 0 aliphatic rings. The smallest absolute Gasteiger partial charge is 0.181 e. The van der Waals surface area contributed by atoms with E-state index in [1.54, 1.807) is 0 Å². The number of allylic oxidation sites excluding steroid dienone is 2. The van der Waals surface area contributed by atoms with Crippen LogP contribution in [0.4, 0.5) is 0 Å². The van der Waals surface area contributed by atoms with Crippen molar-refractivity contribution in [1.29, 1.82) is 0 Å². The monoisotopic (exact) mass is 343 g/mol. The Morgan fingerprint density at radius 2 is 1.08 bits per heavy atom. The van der Waals surface area contributed by atoms with E-state index in [2.05, 4.69) is 19.1 Å². The predicted octanol–water partition coefficient (Wildman–Crippen LogP) is 5.24. The molecule has 2 N–H and O–H groups in total. The van der Waals surface area contributed by atoms with Crippen LogP contribution >= 0.6 is 0 Å². The van der Waals surface area contributed by atoms with Crippen molar-refractivity contribution in [3.8, 4) is 0 Å². The third kappa shape index (κ3) is 15.1. The molecule has 144 valence electrons. The lowest BCUT2D eigenvalue weighted by molar-refractivity contribution is -0.917. The minimum atomic E-state index is -0.886. The Bertz CT molecular complexity index is 278. The molecule has 0 fully saturated rings. The van der Waals surface area contributed by atoms with Gasteiger partial charge in [0.2, 0.25) is 0 Å². The maximum absolute atomic E-state index is 11.6. The Balaban J connectivity index is 3.23. The van der Waals surface area contributed by atoms with Crippen LogP contribution in [0.3, 0.4) is 0 Å². The first kappa shape index (κ1) is 23.6. The van der Waals surface area contributed by atoms with E-state index in [0.29, 0.717) is 6.54 Å². The van der Waals surface area contributed by atoms with E-state index in [9.17, 15) is 5.21 Å². The van der Waals surface area contributed by atoms with Crippen molar-refractivity contribution in [2.75, 3.05) is 20.0 Å². The zero-order valence-electron chi connectivity index (χ0n) is 15.9. The van der Waals surface area contributed by atoms with Crippen LogP contribution in [0.25, 0.3) is 0 Å². The van der Waals surface area contributed by atoms with Crippen LogP contribution < -0.4 is 0 Å². The van der Waals surface area contributed by atoms with Crippen LogP contribution in [0.2, 0.25) is 0 Å². The van der Waals surface area contributed by atoms with Crippen LogP contribution in [-0.2, 0) is 0 Å². The first-order chi connectivity index (χ1) is 11.7. The van der Waals surface area contributed by atoms with Gasteiger partial charge in [0.05, 0.1) is 6.54 Å². The summed E-state index contributed by atoms with van der Waals surface area (Å²) >= 11 is 0. The van der Waals surface area contributed by atoms with Crippen molar-refractivity contribution < 1.29 is 14.9 Å². The second kappa shape index (κ2) is 17.4. The molecule has 0 aliphatic heterocycles. The van der Waals surface area contributed by atoms with E-state index in [1.165, 1.54) is 70.6 Å². The molecule has 0 saturated carbocycles. The summed E-state index contributed by atoms with van der Waals surface area (Å²) in [7, 11) is 0. The Morgan fingerprint density at radius 3 is 1.54 bits per heavy atom. The van der Waals surface area contributed by atoms with Gasteiger partial charge >= 0.3 is 0 Å². The lowest BCUT2D eigenvalue weighted by Gasteiger charge is -2.38. The molecule has 0 amide bonds. The standard InChI is InChI=1S/C20H41NO3/c1-2-3-4-5-6-7-8-9-10-11-12-13-14-15-16-17-18-21(24,19-22)20-23/h9-10,22-23H,2-8,11-20H2,1H3/b10-9-. The summed E-state index contributed by atoms with van der Waals surface area (Å²) in [4.78, 5) is 0. The minimum Gasteiger partial charge on any atom is -0.629 e. The summed E-state index contributed by atoms with van der Waals surface area (Å²) < 4.78 is -0.886. The van der Waals surface area contributed by atoms with Gasteiger partial charge in [0, 0.05) is 0 Å². The number of aliphatic hydroxyl groups is 2. The van der Waals surface area contributed by atoms with Crippen molar-refractivity contribution >= 4 is 0 Å². The molecule has 0 spiro atoms. The molecule has 24 heavy (non-hydrogen) atoms. The first-order valence-corrected chi connectivity index (χ1v) is 10.1. The Hall–Kier alpha value is -0.420. The number of quaternary nitrogens is 1. The highest BCUT2D eigenvalue weighted by molar-refractivity contribution is 4.81. The highest BCUT2D eigenvalue weighted by Crippen LogP contribution is 2.11. The summed E-state index contributed by atoms with van der Waals surface area (Å²) in [5.41, 5.74) is 0. The van der Waals surface area contributed by atoms with Gasteiger partial charge in [-0.3, -0.25) is 0 Å². The molecule has 0 unspecified atom stereocenters. The molecular formula is C20H41NO3. The zero-order chi connectivity index (χ0) is 17.9. The summed E-state index contributed by atoms with van der Waals surface area (Å²) in [6, 6.07) is 0. The third-order valence-corrected chi connectivity index (χ3v) is 4.59. The van der Waals surface area contributed by atoms with Crippen LogP contribution in [0, 0.1) is 5.21 Å². The molecule has 0 aromatic carbocycles. The van der Waals surface area contributed by atoms with Gasteiger partial charge in [0.15, 0.2) is 13.5 Å². The average Bonchev–Trinajstić information content (AvgIpc) is 2.61. The molecule has 0 aromatic rings. The van der Waals surface area contributed by atoms with Crippen LogP contribution in [0.5, 0.6) is 0 Å². The maximum atomic E-state index is 11.6. The van der Waals surface area contributed by atoms with Crippen LogP contribution in [-0.4, -0.2) is 34.9 Å². The number of unbranched alkanes of at least 4 members (excludes halogenated alkanes) is 12. The average molecular weight is 344 g/mol. The molecule has 0 radical (unpaired) electrons. The van der Waals surface area contributed by atoms with Crippen LogP contribution in [0.15, 0.2) is 12.2 Å². The second-order valence-corrected chi connectivity index (χ2v) is 7.00. The molecule has 0 heterocycles. The topological polar surface area (TPSA) is 63.5 Å². The SMILES string of the molecule is CCCCCCCC/C=C\CCCCCCCC[N+]([O-])(CO)CO. The summed E-state index contributed by atoms with van der Waals surface area (Å²) in [6.07, 6.45) is 21.9. The van der Waals surface area contributed by atoms with Gasteiger partial charge in [-0.15, -0.1) is 0 Å². The molecule has 0 saturated heterocycles. The molecule has 4 heteroatoms. The number of nitrogens with zero attached hydrogens (tertiary/aromatic N) is 1. The van der Waals surface area contributed by atoms with Gasteiger partial charge in [-0.05, 0) is 38.5 Å². The van der Waals surface area contributed by atoms with E-state index in [1.807, 2.05) is 0 Å². The normalized spacial score (nSPS) is 12.3. The molecule has 0 rings (SSSR count). The molecular weight excluding hydrogens is 302 g/mol. The van der Waals surface area contributed by atoms with Gasteiger partial charge in [-0.1, -0.05) is 70.4 Å². The van der Waals surface area contributed by atoms with Crippen LogP contribution in [0.1, 0.15) is 96.8 Å². The number of hydrogen-bond donors (Lipinski definition) is 2. The van der Waals surface area contributed by atoms with Gasteiger partial charge in [0.25, 0.3) is 0 Å². The lowest BCUT2D eigenvalue weighted by atomic mass is 10.1. The number of rotatable bonds is 18. The fourth-order valence-corrected chi connectivity index (χ4v) is 2.83. The van der Waals surface area contributed by atoms with E-state index < -0.39 is 18.1 Å². The van der Waals surface area contributed by atoms with Gasteiger partial charge in [0.1, 0.15) is 0 Å². The van der Waals surface area contributed by atoms with Gasteiger partial charge in [-0.25, -0.2) is 0 Å². The largest absolute Gasteiger partial charge is 0.629 e. The van der Waals surface area contributed by atoms with E-state index in [0.717, 1.165) is 19.3 Å². The van der Waals surface area contributed by atoms with Gasteiger partial charge in [-0.2, -0.15) is 0 Å². The maximum Gasteiger partial charge on any atom is 0.181 e. The molecule has 0 aromatic heterocycles. The minimum absolute atomic E-state index is 0.314. The molecule has 0 bridgehead atoms. The van der Waals surface area contributed by atoms with E-state index in [-0.39, 0.29) is 0 Å². The first-order valence-electron chi connectivity index (χ1n) is 10.1. The second-order valence-electron chi connectivity index (χ2n) is 7.00. The Morgan fingerprint density at radius 1 is 0.667 bits per heavy atom. The molecule has 0 aliphatic carbocycles. The van der Waals surface area contributed by atoms with Crippen molar-refractivity contribution in [2.24, 2.45) is 0 Å². The summed E-state index contributed by atoms with van der Waals surface area (Å²) in [6.45, 7) is 1.52. The van der Waals surface area contributed by atoms with Crippen molar-refractivity contribution in [2.45, 2.75) is 96.8 Å². The van der Waals surface area contributed by atoms with Crippen molar-refractivity contribution in [1.82, 2.24) is 0 Å². The zero-order valence-corrected chi connectivity index (χ0v) is 15.9. The fraction of sp³-hybridized carbons (Fsp3) is 0.900. The number of hydroxylamine groups is 3. The Labute approximate surface area is 149 Å². The molecule has 4 nitrogen and oxygen atoms in total. The van der Waals surface area contributed by atoms with E-state index in [4.69, 9.17) is 10.2 Å². The highest BCUT2D eigenvalue weighted by atomic mass is 16.6. The van der Waals surface area contributed by atoms with Gasteiger partial charge < -0.3 is 20.1 Å². The van der Waals surface area contributed by atoms with E-state index >= 15 is 0 Å². The highest BCUT2D eigenvalue weighted by Gasteiger charge is 2.12. The summed E-state index contributed by atoms with van der Waals surface area (Å²) in [5, 5.41) is 29.4. The lowest BCUT2D eigenvalue weighted by Crippen LogP contribution is -2.44. The third-order valence-electron chi connectivity index (χ3n) is 4.59. The molecule has 0 atom stereocenters.